The summed E-state index contributed by atoms with van der Waals surface area (Å²) in [6.45, 7) is 0. The topological polar surface area (TPSA) is 68.1 Å². The summed E-state index contributed by atoms with van der Waals surface area (Å²) in [5, 5.41) is 1.05. The van der Waals surface area contributed by atoms with E-state index in [-0.39, 0.29) is 30.8 Å². The van der Waals surface area contributed by atoms with Crippen molar-refractivity contribution >= 4 is 29.3 Å². The maximum Gasteiger partial charge on any atom is 0.307 e. The third-order valence-electron chi connectivity index (χ3n) is 2.63. The van der Waals surface area contributed by atoms with Gasteiger partial charge in [0.15, 0.2) is 0 Å². The van der Waals surface area contributed by atoms with Gasteiger partial charge in [-0.1, -0.05) is 18.2 Å². The molecule has 0 aliphatic carbocycles. The number of aromatic nitrogens is 1. The number of hydrogen-bond acceptors (Lipinski definition) is 3. The zero-order valence-corrected chi connectivity index (χ0v) is 10.3. The van der Waals surface area contributed by atoms with Gasteiger partial charge >= 0.3 is 5.97 Å². The maximum atomic E-state index is 11.1. The van der Waals surface area contributed by atoms with Gasteiger partial charge in [-0.15, -0.1) is 12.4 Å². The minimum absolute atomic E-state index is 0. The molecule has 0 spiro atoms. The molecule has 17 heavy (non-hydrogen) atoms. The molecule has 0 saturated carbocycles. The monoisotopic (exact) mass is 254 g/mol. The molecule has 1 heterocycles. The number of carbonyl (C=O) groups is 1. The molecule has 1 aromatic heterocycles. The Morgan fingerprint density at radius 1 is 1.47 bits per heavy atom. The Morgan fingerprint density at radius 2 is 2.18 bits per heavy atom. The van der Waals surface area contributed by atoms with E-state index in [0.29, 0.717) is 0 Å². The average molecular weight is 255 g/mol. The zero-order chi connectivity index (χ0) is 11.5. The fourth-order valence-corrected chi connectivity index (χ4v) is 1.77. The van der Waals surface area contributed by atoms with Crippen LogP contribution in [0.2, 0.25) is 0 Å². The van der Waals surface area contributed by atoms with Crippen molar-refractivity contribution in [2.24, 2.45) is 5.73 Å². The van der Waals surface area contributed by atoms with Gasteiger partial charge in [0.1, 0.15) is 0 Å². The van der Waals surface area contributed by atoms with E-state index < -0.39 is 0 Å². The molecule has 0 amide bonds. The number of para-hydroxylation sites is 1. The fraction of sp³-hybridized carbons (Fsp3) is 0.250. The molecule has 0 saturated heterocycles. The van der Waals surface area contributed by atoms with Gasteiger partial charge in [-0.05, 0) is 11.6 Å². The van der Waals surface area contributed by atoms with E-state index >= 15 is 0 Å². The first kappa shape index (κ1) is 13.5. The summed E-state index contributed by atoms with van der Waals surface area (Å²) in [5.41, 5.74) is 7.93. The molecule has 1 aromatic carbocycles. The minimum Gasteiger partial charge on any atom is -0.469 e. The number of esters is 1. The second-order valence-corrected chi connectivity index (χ2v) is 3.68. The van der Waals surface area contributed by atoms with Crippen molar-refractivity contribution in [3.8, 4) is 0 Å². The van der Waals surface area contributed by atoms with E-state index in [1.165, 1.54) is 7.11 Å². The molecule has 3 N–H and O–H groups in total. The Balaban J connectivity index is 0.00000144. The summed E-state index contributed by atoms with van der Waals surface area (Å²) in [7, 11) is 1.37. The third kappa shape index (κ3) is 2.78. The average Bonchev–Trinajstić information content (AvgIpc) is 2.72. The normalized spacial score (nSPS) is 11.9. The van der Waals surface area contributed by atoms with Gasteiger partial charge in [0.05, 0.1) is 13.5 Å². The molecule has 0 radical (unpaired) electrons. The second-order valence-electron chi connectivity index (χ2n) is 3.68. The highest BCUT2D eigenvalue weighted by molar-refractivity contribution is 5.85. The highest BCUT2D eigenvalue weighted by Gasteiger charge is 2.15. The Bertz CT molecular complexity index is 510. The van der Waals surface area contributed by atoms with Crippen molar-refractivity contribution in [3.05, 3.63) is 36.0 Å². The first-order valence-corrected chi connectivity index (χ1v) is 5.11. The molecule has 0 bridgehead atoms. The molecule has 0 fully saturated rings. The lowest BCUT2D eigenvalue weighted by Gasteiger charge is -2.08. The summed E-state index contributed by atoms with van der Waals surface area (Å²) >= 11 is 0. The number of ether oxygens (including phenoxy) is 1. The van der Waals surface area contributed by atoms with Gasteiger partial charge in [-0.3, -0.25) is 4.79 Å². The van der Waals surface area contributed by atoms with E-state index in [4.69, 9.17) is 5.73 Å². The number of fused-ring (bicyclic) bond motifs is 1. The van der Waals surface area contributed by atoms with Gasteiger partial charge in [0.2, 0.25) is 0 Å². The lowest BCUT2D eigenvalue weighted by molar-refractivity contribution is -0.141. The number of benzene rings is 1. The van der Waals surface area contributed by atoms with Crippen LogP contribution in [-0.2, 0) is 9.53 Å². The Labute approximate surface area is 106 Å². The number of aromatic amines is 1. The molecular weight excluding hydrogens is 240 g/mol. The smallest absolute Gasteiger partial charge is 0.307 e. The lowest BCUT2D eigenvalue weighted by Crippen LogP contribution is -2.15. The van der Waals surface area contributed by atoms with E-state index in [2.05, 4.69) is 9.72 Å². The standard InChI is InChI=1S/C12H14N2O2.ClH/c1-16-12(15)6-10(13)9-7-14-11-5-3-2-4-8(9)11;/h2-5,7,10,14H,6,13H2,1H3;1H/t10-;/m1./s1. The van der Waals surface area contributed by atoms with Crippen molar-refractivity contribution in [1.82, 2.24) is 4.98 Å². The number of rotatable bonds is 3. The van der Waals surface area contributed by atoms with Crippen LogP contribution >= 0.6 is 12.4 Å². The van der Waals surface area contributed by atoms with Crippen LogP contribution < -0.4 is 5.73 Å². The van der Waals surface area contributed by atoms with Gasteiger partial charge < -0.3 is 15.5 Å². The van der Waals surface area contributed by atoms with Crippen LogP contribution in [0.15, 0.2) is 30.5 Å². The summed E-state index contributed by atoms with van der Waals surface area (Å²) in [6.07, 6.45) is 2.04. The van der Waals surface area contributed by atoms with Crippen LogP contribution in [0.1, 0.15) is 18.0 Å². The molecule has 2 rings (SSSR count). The van der Waals surface area contributed by atoms with Crippen LogP contribution in [0, 0.1) is 0 Å². The van der Waals surface area contributed by atoms with E-state index in [9.17, 15) is 4.79 Å². The summed E-state index contributed by atoms with van der Waals surface area (Å²) in [4.78, 5) is 14.3. The molecule has 0 aliphatic heterocycles. The van der Waals surface area contributed by atoms with E-state index in [0.717, 1.165) is 16.5 Å². The van der Waals surface area contributed by atoms with Gasteiger partial charge in [-0.2, -0.15) is 0 Å². The van der Waals surface area contributed by atoms with Gasteiger partial charge in [-0.25, -0.2) is 0 Å². The Morgan fingerprint density at radius 3 is 2.88 bits per heavy atom. The summed E-state index contributed by atoms with van der Waals surface area (Å²) < 4.78 is 4.60. The predicted octanol–water partition coefficient (Wildman–Crippen LogP) is 2.15. The molecule has 0 unspecified atom stereocenters. The van der Waals surface area contributed by atoms with Crippen LogP contribution in [0.3, 0.4) is 0 Å². The first-order valence-electron chi connectivity index (χ1n) is 5.11. The number of nitrogens with one attached hydrogen (secondary N) is 1. The summed E-state index contributed by atoms with van der Waals surface area (Å²) in [5.74, 6) is -0.294. The van der Waals surface area contributed by atoms with Crippen LogP contribution in [0.5, 0.6) is 0 Å². The second kappa shape index (κ2) is 5.70. The highest BCUT2D eigenvalue weighted by atomic mass is 35.5. The van der Waals surface area contributed by atoms with Crippen molar-refractivity contribution in [2.45, 2.75) is 12.5 Å². The maximum absolute atomic E-state index is 11.1. The van der Waals surface area contributed by atoms with Crippen molar-refractivity contribution in [1.29, 1.82) is 0 Å². The van der Waals surface area contributed by atoms with Gasteiger partial charge in [0, 0.05) is 23.1 Å². The van der Waals surface area contributed by atoms with Crippen LogP contribution in [0.25, 0.3) is 10.9 Å². The third-order valence-corrected chi connectivity index (χ3v) is 2.63. The van der Waals surface area contributed by atoms with Crippen molar-refractivity contribution < 1.29 is 9.53 Å². The number of methoxy groups -OCH3 is 1. The lowest BCUT2D eigenvalue weighted by atomic mass is 10.0. The molecular formula is C12H15ClN2O2. The van der Waals surface area contributed by atoms with Gasteiger partial charge in [0.25, 0.3) is 0 Å². The predicted molar refractivity (Wildman–Crippen MR) is 69.1 cm³/mol. The number of nitrogens with two attached hydrogens (primary N) is 1. The van der Waals surface area contributed by atoms with E-state index in [1.807, 2.05) is 30.5 Å². The Hall–Kier alpha value is -1.52. The van der Waals surface area contributed by atoms with Crippen LogP contribution in [-0.4, -0.2) is 18.1 Å². The Kier molecular flexibility index (Phi) is 4.54. The van der Waals surface area contributed by atoms with Crippen LogP contribution in [0.4, 0.5) is 0 Å². The molecule has 92 valence electrons. The zero-order valence-electron chi connectivity index (χ0n) is 9.47. The molecule has 5 heteroatoms. The molecule has 0 aliphatic rings. The number of carbonyl (C=O) groups excluding carboxylic acids is 1. The largest absolute Gasteiger partial charge is 0.469 e. The highest BCUT2D eigenvalue weighted by Crippen LogP contribution is 2.24. The minimum atomic E-state index is -0.330. The van der Waals surface area contributed by atoms with E-state index in [1.54, 1.807) is 0 Å². The number of halogens is 1. The number of H-pyrrole nitrogens is 1. The first-order chi connectivity index (χ1) is 7.72. The molecule has 4 nitrogen and oxygen atoms in total. The molecule has 2 aromatic rings. The van der Waals surface area contributed by atoms with Crippen molar-refractivity contribution in [2.75, 3.05) is 7.11 Å². The summed E-state index contributed by atoms with van der Waals surface area (Å²) in [6, 6.07) is 7.53. The quantitative estimate of drug-likeness (QED) is 0.825. The van der Waals surface area contributed by atoms with Crippen molar-refractivity contribution in [3.63, 3.8) is 0 Å². The molecule has 1 atom stereocenters. The number of hydrogen-bond donors (Lipinski definition) is 2. The SMILES string of the molecule is COC(=O)C[C@@H](N)c1c[nH]c2ccccc12.Cl. The fourth-order valence-electron chi connectivity index (χ4n) is 1.77.